The number of unbranched alkanes of at least 4 members (excludes halogenated alkanes) is 2. The van der Waals surface area contributed by atoms with Gasteiger partial charge in [0, 0.05) is 6.42 Å². The number of rotatable bonds is 9. The molecule has 168 valence electrons. The Bertz CT molecular complexity index is 449. The van der Waals surface area contributed by atoms with Crippen molar-refractivity contribution < 1.29 is 9.53 Å². The van der Waals surface area contributed by atoms with E-state index in [1.165, 1.54) is 83.5 Å². The minimum atomic E-state index is 0.0419. The fourth-order valence-corrected chi connectivity index (χ4v) is 6.77. The molecular formula is C27H48O2. The summed E-state index contributed by atoms with van der Waals surface area (Å²) in [6.07, 6.45) is 24.0. The van der Waals surface area contributed by atoms with Crippen LogP contribution in [0.1, 0.15) is 129 Å². The zero-order valence-corrected chi connectivity index (χ0v) is 19.5. The van der Waals surface area contributed by atoms with E-state index in [1.807, 2.05) is 0 Å². The van der Waals surface area contributed by atoms with E-state index in [1.54, 1.807) is 0 Å². The summed E-state index contributed by atoms with van der Waals surface area (Å²) in [5, 5.41) is 0. The van der Waals surface area contributed by atoms with Crippen molar-refractivity contribution >= 4 is 5.97 Å². The van der Waals surface area contributed by atoms with E-state index in [-0.39, 0.29) is 12.1 Å². The molecule has 29 heavy (non-hydrogen) atoms. The van der Waals surface area contributed by atoms with E-state index < -0.39 is 0 Å². The second-order valence-electron chi connectivity index (χ2n) is 10.7. The molecule has 0 bridgehead atoms. The Morgan fingerprint density at radius 2 is 1.10 bits per heavy atom. The van der Waals surface area contributed by atoms with Crippen LogP contribution in [-0.2, 0) is 9.53 Å². The number of esters is 1. The minimum Gasteiger partial charge on any atom is -0.462 e. The first kappa shape index (κ1) is 23.1. The summed E-state index contributed by atoms with van der Waals surface area (Å²) in [5.74, 6) is 5.05. The lowest BCUT2D eigenvalue weighted by atomic mass is 9.65. The molecule has 3 rings (SSSR count). The summed E-state index contributed by atoms with van der Waals surface area (Å²) in [4.78, 5) is 11.9. The highest BCUT2D eigenvalue weighted by Crippen LogP contribution is 2.46. The third-order valence-corrected chi connectivity index (χ3v) is 8.76. The Hall–Kier alpha value is -0.530. The molecule has 0 unspecified atom stereocenters. The van der Waals surface area contributed by atoms with Crippen molar-refractivity contribution in [3.63, 3.8) is 0 Å². The van der Waals surface area contributed by atoms with Crippen LogP contribution in [0.2, 0.25) is 0 Å². The zero-order chi connectivity index (χ0) is 20.5. The topological polar surface area (TPSA) is 26.3 Å². The lowest BCUT2D eigenvalue weighted by molar-refractivity contribution is -0.151. The number of carbonyl (C=O) groups is 1. The third-order valence-electron chi connectivity index (χ3n) is 8.76. The molecular weight excluding hydrogens is 356 g/mol. The van der Waals surface area contributed by atoms with Crippen LogP contribution in [0, 0.1) is 29.6 Å². The predicted octanol–water partition coefficient (Wildman–Crippen LogP) is 8.08. The molecule has 0 aromatic rings. The molecule has 0 heterocycles. The SMILES string of the molecule is CCCCC(=O)OC1CCC(C2CCC(C3CCC(CCCC)CC3)CC2)CC1. The highest BCUT2D eigenvalue weighted by Gasteiger charge is 2.35. The molecule has 2 nitrogen and oxygen atoms in total. The van der Waals surface area contributed by atoms with Crippen molar-refractivity contribution in [3.05, 3.63) is 0 Å². The van der Waals surface area contributed by atoms with Gasteiger partial charge in [-0.1, -0.05) is 52.4 Å². The predicted molar refractivity (Wildman–Crippen MR) is 122 cm³/mol. The van der Waals surface area contributed by atoms with Gasteiger partial charge in [-0.2, -0.15) is 0 Å². The highest BCUT2D eigenvalue weighted by atomic mass is 16.5. The number of hydrogen-bond donors (Lipinski definition) is 0. The quantitative estimate of drug-likeness (QED) is 0.363. The maximum Gasteiger partial charge on any atom is 0.306 e. The van der Waals surface area contributed by atoms with Crippen molar-refractivity contribution in [1.82, 2.24) is 0 Å². The van der Waals surface area contributed by atoms with E-state index in [0.717, 1.165) is 55.3 Å². The van der Waals surface area contributed by atoms with Crippen molar-refractivity contribution in [2.24, 2.45) is 29.6 Å². The van der Waals surface area contributed by atoms with Gasteiger partial charge in [0.2, 0.25) is 0 Å². The van der Waals surface area contributed by atoms with Gasteiger partial charge in [-0.25, -0.2) is 0 Å². The van der Waals surface area contributed by atoms with Crippen LogP contribution in [-0.4, -0.2) is 12.1 Å². The summed E-state index contributed by atoms with van der Waals surface area (Å²) in [5.41, 5.74) is 0. The van der Waals surface area contributed by atoms with Gasteiger partial charge in [-0.3, -0.25) is 4.79 Å². The van der Waals surface area contributed by atoms with Crippen LogP contribution in [0.5, 0.6) is 0 Å². The van der Waals surface area contributed by atoms with Gasteiger partial charge in [0.1, 0.15) is 6.10 Å². The van der Waals surface area contributed by atoms with Gasteiger partial charge in [0.05, 0.1) is 0 Å². The largest absolute Gasteiger partial charge is 0.462 e. The first-order valence-corrected chi connectivity index (χ1v) is 13.4. The van der Waals surface area contributed by atoms with Crippen LogP contribution in [0.15, 0.2) is 0 Å². The van der Waals surface area contributed by atoms with Gasteiger partial charge < -0.3 is 4.74 Å². The smallest absolute Gasteiger partial charge is 0.306 e. The molecule has 3 saturated carbocycles. The lowest BCUT2D eigenvalue weighted by Crippen LogP contribution is -2.31. The van der Waals surface area contributed by atoms with Crippen LogP contribution in [0.4, 0.5) is 0 Å². The molecule has 0 radical (unpaired) electrons. The fourth-order valence-electron chi connectivity index (χ4n) is 6.77. The molecule has 2 heteroatoms. The second kappa shape index (κ2) is 12.4. The molecule has 0 saturated heterocycles. The van der Waals surface area contributed by atoms with Gasteiger partial charge >= 0.3 is 5.97 Å². The number of ether oxygens (including phenoxy) is 1. The monoisotopic (exact) mass is 404 g/mol. The Labute approximate surface area is 180 Å². The molecule has 0 aromatic heterocycles. The van der Waals surface area contributed by atoms with Crippen LogP contribution >= 0.6 is 0 Å². The summed E-state index contributed by atoms with van der Waals surface area (Å²) in [6.45, 7) is 4.46. The molecule has 0 N–H and O–H groups in total. The molecule has 0 aromatic carbocycles. The standard InChI is InChI=1S/C27H48O2/c1-3-5-7-21-9-11-22(12-10-21)23-13-15-24(16-14-23)25-17-19-26(20-18-25)29-27(28)8-6-4-2/h21-26H,3-20H2,1-2H3. The Morgan fingerprint density at radius 1 is 0.655 bits per heavy atom. The Balaban J connectivity index is 1.31. The van der Waals surface area contributed by atoms with Crippen LogP contribution in [0.3, 0.4) is 0 Å². The second-order valence-corrected chi connectivity index (χ2v) is 10.7. The van der Waals surface area contributed by atoms with Crippen LogP contribution < -0.4 is 0 Å². The molecule has 3 fully saturated rings. The van der Waals surface area contributed by atoms with E-state index >= 15 is 0 Å². The van der Waals surface area contributed by atoms with E-state index in [0.29, 0.717) is 6.42 Å². The van der Waals surface area contributed by atoms with Gasteiger partial charge in [0.25, 0.3) is 0 Å². The minimum absolute atomic E-state index is 0.0419. The molecule has 0 atom stereocenters. The first-order chi connectivity index (χ1) is 14.2. The molecule has 0 aliphatic heterocycles. The van der Waals surface area contributed by atoms with Crippen molar-refractivity contribution in [3.8, 4) is 0 Å². The number of carbonyl (C=O) groups excluding carboxylic acids is 1. The number of hydrogen-bond acceptors (Lipinski definition) is 2. The Morgan fingerprint density at radius 3 is 1.59 bits per heavy atom. The maximum atomic E-state index is 11.9. The average molecular weight is 405 g/mol. The highest BCUT2D eigenvalue weighted by molar-refractivity contribution is 5.69. The maximum absolute atomic E-state index is 11.9. The molecule has 3 aliphatic rings. The molecule has 0 amide bonds. The van der Waals surface area contributed by atoms with E-state index in [4.69, 9.17) is 4.74 Å². The van der Waals surface area contributed by atoms with Gasteiger partial charge in [-0.05, 0) is 100 Å². The first-order valence-electron chi connectivity index (χ1n) is 13.4. The van der Waals surface area contributed by atoms with Crippen molar-refractivity contribution in [1.29, 1.82) is 0 Å². The van der Waals surface area contributed by atoms with Crippen LogP contribution in [0.25, 0.3) is 0 Å². The van der Waals surface area contributed by atoms with E-state index in [9.17, 15) is 4.79 Å². The summed E-state index contributed by atoms with van der Waals surface area (Å²) in [6, 6.07) is 0. The normalized spacial score (nSPS) is 35.9. The van der Waals surface area contributed by atoms with Gasteiger partial charge in [-0.15, -0.1) is 0 Å². The van der Waals surface area contributed by atoms with Gasteiger partial charge in [0.15, 0.2) is 0 Å². The summed E-state index contributed by atoms with van der Waals surface area (Å²) in [7, 11) is 0. The van der Waals surface area contributed by atoms with Crippen molar-refractivity contribution in [2.75, 3.05) is 0 Å². The summed E-state index contributed by atoms with van der Waals surface area (Å²) >= 11 is 0. The zero-order valence-electron chi connectivity index (χ0n) is 19.5. The lowest BCUT2D eigenvalue weighted by Gasteiger charge is -2.41. The summed E-state index contributed by atoms with van der Waals surface area (Å²) < 4.78 is 5.72. The Kier molecular flexibility index (Phi) is 9.86. The average Bonchev–Trinajstić information content (AvgIpc) is 2.77. The van der Waals surface area contributed by atoms with Crippen molar-refractivity contribution in [2.45, 2.75) is 136 Å². The molecule has 0 spiro atoms. The molecule has 3 aliphatic carbocycles. The third kappa shape index (κ3) is 7.28. The van der Waals surface area contributed by atoms with E-state index in [2.05, 4.69) is 13.8 Å². The fraction of sp³-hybridized carbons (Fsp3) is 0.963.